The van der Waals surface area contributed by atoms with Crippen molar-refractivity contribution in [2.24, 2.45) is 5.41 Å². The molecule has 0 saturated carbocycles. The maximum absolute atomic E-state index is 5.48. The van der Waals surface area contributed by atoms with Gasteiger partial charge in [-0.05, 0) is 49.9 Å². The summed E-state index contributed by atoms with van der Waals surface area (Å²) in [6.45, 7) is 4.72. The van der Waals surface area contributed by atoms with Crippen LogP contribution in [0, 0.1) is 5.41 Å². The van der Waals surface area contributed by atoms with Crippen LogP contribution in [-0.2, 0) is 0 Å². The molecule has 0 aliphatic carbocycles. The molecule has 0 bridgehead atoms. The summed E-state index contributed by atoms with van der Waals surface area (Å²) in [5.41, 5.74) is 1.81. The van der Waals surface area contributed by atoms with Crippen molar-refractivity contribution in [3.8, 4) is 5.75 Å². The Morgan fingerprint density at radius 3 is 2.63 bits per heavy atom. The van der Waals surface area contributed by atoms with E-state index in [2.05, 4.69) is 28.4 Å². The highest BCUT2D eigenvalue weighted by atomic mass is 35.5. The molecule has 2 saturated heterocycles. The summed E-state index contributed by atoms with van der Waals surface area (Å²) in [7, 11) is 1.76. The fourth-order valence-corrected chi connectivity index (χ4v) is 3.40. The first-order valence-electron chi connectivity index (χ1n) is 6.92. The van der Waals surface area contributed by atoms with Crippen molar-refractivity contribution < 1.29 is 4.74 Å². The Kier molecular flexibility index (Phi) is 4.58. The standard InChI is InChI=1S/C15H22N2O.ClH/c1-18-14-5-3-2-4-13(14)17-11-8-15(12-17)6-9-16-10-7-15;/h2-5,16H,6-12H2,1H3;1H. The molecule has 4 heteroatoms. The number of halogens is 1. The second-order valence-electron chi connectivity index (χ2n) is 5.59. The highest BCUT2D eigenvalue weighted by Gasteiger charge is 2.39. The molecule has 0 aromatic heterocycles. The maximum atomic E-state index is 5.48. The van der Waals surface area contributed by atoms with E-state index in [0.717, 1.165) is 5.75 Å². The summed E-state index contributed by atoms with van der Waals surface area (Å²) < 4.78 is 5.48. The number of rotatable bonds is 2. The van der Waals surface area contributed by atoms with Gasteiger partial charge in [-0.1, -0.05) is 12.1 Å². The van der Waals surface area contributed by atoms with Gasteiger partial charge in [-0.25, -0.2) is 0 Å². The number of benzene rings is 1. The zero-order valence-corrected chi connectivity index (χ0v) is 12.3. The number of hydrogen-bond acceptors (Lipinski definition) is 3. The maximum Gasteiger partial charge on any atom is 0.142 e. The van der Waals surface area contributed by atoms with E-state index in [1.165, 1.54) is 51.1 Å². The molecule has 0 atom stereocenters. The molecular weight excluding hydrogens is 260 g/mol. The van der Waals surface area contributed by atoms with Crippen LogP contribution >= 0.6 is 12.4 Å². The third-order valence-electron chi connectivity index (χ3n) is 4.53. The van der Waals surface area contributed by atoms with E-state index in [9.17, 15) is 0 Å². The molecule has 0 radical (unpaired) electrons. The third kappa shape index (κ3) is 2.82. The molecule has 1 N–H and O–H groups in total. The van der Waals surface area contributed by atoms with E-state index in [0.29, 0.717) is 5.41 Å². The third-order valence-corrected chi connectivity index (χ3v) is 4.53. The number of piperidine rings is 1. The Hall–Kier alpha value is -0.930. The summed E-state index contributed by atoms with van der Waals surface area (Å²) in [5.74, 6) is 1.00. The molecule has 19 heavy (non-hydrogen) atoms. The molecule has 0 amide bonds. The monoisotopic (exact) mass is 282 g/mol. The normalized spacial score (nSPS) is 21.2. The first kappa shape index (κ1) is 14.5. The van der Waals surface area contributed by atoms with Crippen LogP contribution in [0.3, 0.4) is 0 Å². The highest BCUT2D eigenvalue weighted by Crippen LogP contribution is 2.42. The highest BCUT2D eigenvalue weighted by molar-refractivity contribution is 5.85. The van der Waals surface area contributed by atoms with Crippen LogP contribution in [0.4, 0.5) is 5.69 Å². The van der Waals surface area contributed by atoms with Gasteiger partial charge in [0.1, 0.15) is 5.75 Å². The van der Waals surface area contributed by atoms with Crippen molar-refractivity contribution >= 4 is 18.1 Å². The second kappa shape index (κ2) is 6.02. The van der Waals surface area contributed by atoms with E-state index in [-0.39, 0.29) is 12.4 Å². The van der Waals surface area contributed by atoms with Gasteiger partial charge >= 0.3 is 0 Å². The van der Waals surface area contributed by atoms with Gasteiger partial charge in [0.2, 0.25) is 0 Å². The molecule has 0 unspecified atom stereocenters. The Labute approximate surface area is 121 Å². The smallest absolute Gasteiger partial charge is 0.142 e. The van der Waals surface area contributed by atoms with E-state index in [1.54, 1.807) is 7.11 Å². The van der Waals surface area contributed by atoms with Crippen LogP contribution < -0.4 is 15.0 Å². The average molecular weight is 283 g/mol. The Morgan fingerprint density at radius 1 is 1.16 bits per heavy atom. The van der Waals surface area contributed by atoms with Crippen LogP contribution in [-0.4, -0.2) is 33.3 Å². The zero-order valence-electron chi connectivity index (χ0n) is 11.5. The van der Waals surface area contributed by atoms with Crippen LogP contribution in [0.2, 0.25) is 0 Å². The molecule has 2 heterocycles. The van der Waals surface area contributed by atoms with Crippen molar-refractivity contribution in [1.82, 2.24) is 5.32 Å². The van der Waals surface area contributed by atoms with E-state index < -0.39 is 0 Å². The second-order valence-corrected chi connectivity index (χ2v) is 5.59. The Bertz CT molecular complexity index is 418. The first-order chi connectivity index (χ1) is 8.83. The summed E-state index contributed by atoms with van der Waals surface area (Å²) in [4.78, 5) is 2.50. The van der Waals surface area contributed by atoms with Gasteiger partial charge in [0.15, 0.2) is 0 Å². The first-order valence-corrected chi connectivity index (χ1v) is 6.92. The molecule has 1 aromatic rings. The predicted octanol–water partition coefficient (Wildman–Crippen LogP) is 2.70. The number of methoxy groups -OCH3 is 1. The molecule has 3 nitrogen and oxygen atoms in total. The Balaban J connectivity index is 0.00000133. The number of nitrogens with one attached hydrogen (secondary N) is 1. The lowest BCUT2D eigenvalue weighted by Crippen LogP contribution is -2.38. The van der Waals surface area contributed by atoms with Gasteiger partial charge in [0, 0.05) is 13.1 Å². The molecule has 2 fully saturated rings. The van der Waals surface area contributed by atoms with E-state index >= 15 is 0 Å². The number of anilines is 1. The van der Waals surface area contributed by atoms with Gasteiger partial charge in [-0.15, -0.1) is 12.4 Å². The van der Waals surface area contributed by atoms with Gasteiger partial charge < -0.3 is 15.0 Å². The van der Waals surface area contributed by atoms with Gasteiger partial charge in [0.25, 0.3) is 0 Å². The number of hydrogen-bond donors (Lipinski definition) is 1. The lowest BCUT2D eigenvalue weighted by molar-refractivity contribution is 0.232. The van der Waals surface area contributed by atoms with Crippen LogP contribution in [0.5, 0.6) is 5.75 Å². The molecule has 3 rings (SSSR count). The zero-order chi connectivity index (χ0) is 12.4. The van der Waals surface area contributed by atoms with E-state index in [4.69, 9.17) is 4.74 Å². The molecular formula is C15H23ClN2O. The number of nitrogens with zero attached hydrogens (tertiary/aromatic N) is 1. The van der Waals surface area contributed by atoms with Crippen molar-refractivity contribution in [2.45, 2.75) is 19.3 Å². The van der Waals surface area contributed by atoms with E-state index in [1.807, 2.05) is 6.07 Å². The predicted molar refractivity (Wildman–Crippen MR) is 81.6 cm³/mol. The topological polar surface area (TPSA) is 24.5 Å². The minimum atomic E-state index is 0. The van der Waals surface area contributed by atoms with Crippen LogP contribution in [0.25, 0.3) is 0 Å². The number of para-hydroxylation sites is 2. The fraction of sp³-hybridized carbons (Fsp3) is 0.600. The van der Waals surface area contributed by atoms with Crippen LogP contribution in [0.1, 0.15) is 19.3 Å². The number of ether oxygens (including phenoxy) is 1. The lowest BCUT2D eigenvalue weighted by Gasteiger charge is -2.34. The average Bonchev–Trinajstić information content (AvgIpc) is 2.83. The molecule has 2 aliphatic rings. The molecule has 2 aliphatic heterocycles. The summed E-state index contributed by atoms with van der Waals surface area (Å²) in [6.07, 6.45) is 3.96. The summed E-state index contributed by atoms with van der Waals surface area (Å²) in [5, 5.41) is 3.47. The lowest BCUT2D eigenvalue weighted by atomic mass is 9.78. The molecule has 106 valence electrons. The van der Waals surface area contributed by atoms with Gasteiger partial charge in [-0.3, -0.25) is 0 Å². The van der Waals surface area contributed by atoms with Crippen molar-refractivity contribution in [2.75, 3.05) is 38.2 Å². The SMILES string of the molecule is COc1ccccc1N1CCC2(CCNCC2)C1.Cl. The Morgan fingerprint density at radius 2 is 1.89 bits per heavy atom. The quantitative estimate of drug-likeness (QED) is 0.903. The molecule has 1 spiro atoms. The van der Waals surface area contributed by atoms with Crippen LogP contribution in [0.15, 0.2) is 24.3 Å². The molecule has 1 aromatic carbocycles. The van der Waals surface area contributed by atoms with Crippen molar-refractivity contribution in [3.63, 3.8) is 0 Å². The fourth-order valence-electron chi connectivity index (χ4n) is 3.40. The minimum Gasteiger partial charge on any atom is -0.495 e. The summed E-state index contributed by atoms with van der Waals surface area (Å²) >= 11 is 0. The van der Waals surface area contributed by atoms with Gasteiger partial charge in [-0.2, -0.15) is 0 Å². The minimum absolute atomic E-state index is 0. The largest absolute Gasteiger partial charge is 0.495 e. The van der Waals surface area contributed by atoms with Gasteiger partial charge in [0.05, 0.1) is 12.8 Å². The summed E-state index contributed by atoms with van der Waals surface area (Å²) in [6, 6.07) is 8.38. The van der Waals surface area contributed by atoms with Crippen molar-refractivity contribution in [3.05, 3.63) is 24.3 Å². The van der Waals surface area contributed by atoms with Crippen molar-refractivity contribution in [1.29, 1.82) is 0 Å².